The minimum absolute atomic E-state index is 0.0882. The van der Waals surface area contributed by atoms with Crippen molar-refractivity contribution in [3.05, 3.63) is 24.3 Å². The zero-order valence-electron chi connectivity index (χ0n) is 15.2. The second-order valence-electron chi connectivity index (χ2n) is 7.06. The molecule has 6 heteroatoms. The molecule has 0 saturated carbocycles. The first kappa shape index (κ1) is 17.6. The summed E-state index contributed by atoms with van der Waals surface area (Å²) in [6.45, 7) is 7.05. The fourth-order valence-corrected chi connectivity index (χ4v) is 3.44. The minimum atomic E-state index is -1.05. The lowest BCUT2D eigenvalue weighted by molar-refractivity contribution is -0.158. The fraction of sp³-hybridized carbons (Fsp3) is 0.579. The van der Waals surface area contributed by atoms with Crippen LogP contribution in [0.1, 0.15) is 40.0 Å². The molecule has 2 amide bonds. The Morgan fingerprint density at radius 2 is 1.96 bits per heavy atom. The van der Waals surface area contributed by atoms with E-state index in [-0.39, 0.29) is 6.03 Å². The predicted molar refractivity (Wildman–Crippen MR) is 94.9 cm³/mol. The molecule has 0 spiro atoms. The van der Waals surface area contributed by atoms with Gasteiger partial charge in [-0.05, 0) is 64.3 Å². The Bertz CT molecular complexity index is 641. The molecule has 3 rings (SSSR count). The van der Waals surface area contributed by atoms with Gasteiger partial charge in [0.2, 0.25) is 0 Å². The Morgan fingerprint density at radius 3 is 2.60 bits per heavy atom. The number of nitrogens with zero attached hydrogens (tertiary/aromatic N) is 2. The van der Waals surface area contributed by atoms with Gasteiger partial charge in [0.15, 0.2) is 5.60 Å². The van der Waals surface area contributed by atoms with Crippen molar-refractivity contribution >= 4 is 17.7 Å². The van der Waals surface area contributed by atoms with Crippen LogP contribution in [0, 0.1) is 0 Å². The number of piperidine rings is 1. The van der Waals surface area contributed by atoms with Crippen LogP contribution in [0.5, 0.6) is 5.75 Å². The molecular weight excluding hydrogens is 320 g/mol. The summed E-state index contributed by atoms with van der Waals surface area (Å²) in [6, 6.07) is 7.74. The lowest BCUT2D eigenvalue weighted by atomic mass is 10.0. The van der Waals surface area contributed by atoms with Gasteiger partial charge in [-0.3, -0.25) is 4.90 Å². The van der Waals surface area contributed by atoms with Gasteiger partial charge in [-0.1, -0.05) is 0 Å². The highest BCUT2D eigenvalue weighted by atomic mass is 16.6. The number of esters is 1. The first-order valence-electron chi connectivity index (χ1n) is 8.97. The number of urea groups is 1. The van der Waals surface area contributed by atoms with Crippen molar-refractivity contribution in [2.24, 2.45) is 0 Å². The van der Waals surface area contributed by atoms with Crippen molar-refractivity contribution < 1.29 is 19.1 Å². The Kier molecular flexibility index (Phi) is 4.88. The van der Waals surface area contributed by atoms with Crippen LogP contribution < -0.4 is 9.64 Å². The Morgan fingerprint density at radius 1 is 1.24 bits per heavy atom. The number of amides is 2. The highest BCUT2D eigenvalue weighted by Crippen LogP contribution is 2.31. The lowest BCUT2D eigenvalue weighted by Gasteiger charge is -2.27. The normalized spacial score (nSPS) is 20.4. The highest BCUT2D eigenvalue weighted by molar-refractivity contribution is 5.94. The molecule has 136 valence electrons. The second kappa shape index (κ2) is 6.94. The van der Waals surface area contributed by atoms with Gasteiger partial charge in [-0.15, -0.1) is 0 Å². The molecule has 0 aromatic heterocycles. The summed E-state index contributed by atoms with van der Waals surface area (Å²) >= 11 is 0. The smallest absolute Gasteiger partial charge is 0.349 e. The average Bonchev–Trinajstić information content (AvgIpc) is 2.93. The van der Waals surface area contributed by atoms with Gasteiger partial charge in [-0.25, -0.2) is 9.59 Å². The summed E-state index contributed by atoms with van der Waals surface area (Å²) in [6.07, 6.45) is 3.36. The Balaban J connectivity index is 1.68. The first-order valence-corrected chi connectivity index (χ1v) is 8.97. The molecule has 0 bridgehead atoms. The number of hydrogen-bond acceptors (Lipinski definition) is 4. The molecule has 2 heterocycles. The van der Waals surface area contributed by atoms with Crippen LogP contribution in [0.4, 0.5) is 10.5 Å². The Labute approximate surface area is 148 Å². The van der Waals surface area contributed by atoms with Crippen LogP contribution in [0.15, 0.2) is 24.3 Å². The number of carbonyl (C=O) groups excluding carboxylic acids is 2. The topological polar surface area (TPSA) is 59.1 Å². The van der Waals surface area contributed by atoms with E-state index >= 15 is 0 Å². The number of ether oxygens (including phenoxy) is 2. The highest BCUT2D eigenvalue weighted by Gasteiger charge is 2.39. The molecule has 2 saturated heterocycles. The second-order valence-corrected chi connectivity index (χ2v) is 7.06. The van der Waals surface area contributed by atoms with Crippen LogP contribution in [0.3, 0.4) is 0 Å². The van der Waals surface area contributed by atoms with E-state index in [9.17, 15) is 9.59 Å². The summed E-state index contributed by atoms with van der Waals surface area (Å²) in [5.74, 6) is 0.178. The van der Waals surface area contributed by atoms with Crippen LogP contribution in [0.2, 0.25) is 0 Å². The molecule has 0 unspecified atom stereocenters. The van der Waals surface area contributed by atoms with Crippen molar-refractivity contribution in [2.75, 3.05) is 24.6 Å². The molecule has 1 aromatic rings. The van der Waals surface area contributed by atoms with E-state index < -0.39 is 11.6 Å². The molecular formula is C19H26N2O4. The molecule has 0 N–H and O–H groups in total. The fourth-order valence-electron chi connectivity index (χ4n) is 3.44. The first-order chi connectivity index (χ1) is 11.9. The maximum atomic E-state index is 12.6. The van der Waals surface area contributed by atoms with Gasteiger partial charge in [-0.2, -0.15) is 0 Å². The van der Waals surface area contributed by atoms with E-state index in [1.165, 1.54) is 6.42 Å². The monoisotopic (exact) mass is 346 g/mol. The van der Waals surface area contributed by atoms with Gasteiger partial charge in [0.1, 0.15) is 5.75 Å². The quantitative estimate of drug-likeness (QED) is 0.768. The van der Waals surface area contributed by atoms with E-state index in [4.69, 9.17) is 9.47 Å². The van der Waals surface area contributed by atoms with Gasteiger partial charge in [0.25, 0.3) is 0 Å². The summed E-state index contributed by atoms with van der Waals surface area (Å²) in [7, 11) is 0. The van der Waals surface area contributed by atoms with Crippen LogP contribution >= 0.6 is 0 Å². The number of carbonyl (C=O) groups is 2. The zero-order valence-corrected chi connectivity index (χ0v) is 15.2. The van der Waals surface area contributed by atoms with Crippen molar-refractivity contribution in [1.29, 1.82) is 0 Å². The third-order valence-corrected chi connectivity index (χ3v) is 4.79. The van der Waals surface area contributed by atoms with Crippen molar-refractivity contribution in [2.45, 2.75) is 51.7 Å². The van der Waals surface area contributed by atoms with Crippen LogP contribution in [-0.4, -0.2) is 48.2 Å². The largest absolute Gasteiger partial charge is 0.476 e. The molecule has 6 nitrogen and oxygen atoms in total. The van der Waals surface area contributed by atoms with E-state index in [0.717, 1.165) is 31.6 Å². The maximum absolute atomic E-state index is 12.6. The van der Waals surface area contributed by atoms with Crippen molar-refractivity contribution in [1.82, 2.24) is 4.90 Å². The summed E-state index contributed by atoms with van der Waals surface area (Å²) in [5.41, 5.74) is -0.192. The standard InChI is InChI=1S/C19H26N2O4/c1-4-24-17(22)19(2,3)25-16-10-8-14(9-11-16)21-13-15-7-5-6-12-20(15)18(21)23/h8-11,15H,4-7,12-13H2,1-3H3/t15-/m0/s1. The van der Waals surface area contributed by atoms with E-state index in [1.807, 2.05) is 21.9 Å². The maximum Gasteiger partial charge on any atom is 0.349 e. The predicted octanol–water partition coefficient (Wildman–Crippen LogP) is 3.20. The molecule has 2 aliphatic rings. The molecule has 2 fully saturated rings. The summed E-state index contributed by atoms with van der Waals surface area (Å²) in [5, 5.41) is 0. The Hall–Kier alpha value is -2.24. The number of hydrogen-bond donors (Lipinski definition) is 0. The van der Waals surface area contributed by atoms with Gasteiger partial charge in [0.05, 0.1) is 12.6 Å². The van der Waals surface area contributed by atoms with Crippen molar-refractivity contribution in [3.8, 4) is 5.75 Å². The molecule has 2 aliphatic heterocycles. The molecule has 0 radical (unpaired) electrons. The summed E-state index contributed by atoms with van der Waals surface area (Å²) in [4.78, 5) is 28.3. The molecule has 0 aliphatic carbocycles. The molecule has 1 atom stereocenters. The third kappa shape index (κ3) is 3.57. The zero-order chi connectivity index (χ0) is 18.0. The van der Waals surface area contributed by atoms with Crippen molar-refractivity contribution in [3.63, 3.8) is 0 Å². The van der Waals surface area contributed by atoms with E-state index in [2.05, 4.69) is 0 Å². The molecule has 25 heavy (non-hydrogen) atoms. The SMILES string of the molecule is CCOC(=O)C(C)(C)Oc1ccc(N2C[C@@H]3CCCCN3C2=O)cc1. The number of benzene rings is 1. The third-order valence-electron chi connectivity index (χ3n) is 4.79. The summed E-state index contributed by atoms with van der Waals surface area (Å²) < 4.78 is 10.8. The molecule has 1 aromatic carbocycles. The van der Waals surface area contributed by atoms with Gasteiger partial charge in [0, 0.05) is 18.8 Å². The van der Waals surface area contributed by atoms with Gasteiger partial charge >= 0.3 is 12.0 Å². The number of anilines is 1. The number of fused-ring (bicyclic) bond motifs is 1. The average molecular weight is 346 g/mol. The minimum Gasteiger partial charge on any atom is -0.476 e. The van der Waals surface area contributed by atoms with Crippen LogP contribution in [-0.2, 0) is 9.53 Å². The van der Waals surface area contributed by atoms with E-state index in [0.29, 0.717) is 18.4 Å². The lowest BCUT2D eigenvalue weighted by Crippen LogP contribution is -2.39. The van der Waals surface area contributed by atoms with Gasteiger partial charge < -0.3 is 14.4 Å². The van der Waals surface area contributed by atoms with Crippen LogP contribution in [0.25, 0.3) is 0 Å². The number of rotatable bonds is 5. The van der Waals surface area contributed by atoms with E-state index in [1.54, 1.807) is 32.9 Å².